The maximum Gasteiger partial charge on any atom is 0.199 e. The van der Waals surface area contributed by atoms with Crippen LogP contribution in [-0.2, 0) is 7.05 Å². The highest BCUT2D eigenvalue weighted by molar-refractivity contribution is 5.64. The number of nitrogens with zero attached hydrogens (tertiary/aromatic N) is 3. The van der Waals surface area contributed by atoms with Crippen molar-refractivity contribution in [2.24, 2.45) is 7.05 Å². The topological polar surface area (TPSA) is 61.5 Å². The van der Waals surface area contributed by atoms with Gasteiger partial charge in [-0.25, -0.2) is 4.39 Å². The number of aromatic nitrogens is 2. The van der Waals surface area contributed by atoms with Crippen LogP contribution in [0.15, 0.2) is 48.7 Å². The predicted octanol–water partition coefficient (Wildman–Crippen LogP) is 4.54. The first-order valence-electron chi connectivity index (χ1n) is 9.81. The first-order valence-corrected chi connectivity index (χ1v) is 9.81. The van der Waals surface area contributed by atoms with E-state index < -0.39 is 0 Å². The van der Waals surface area contributed by atoms with Crippen molar-refractivity contribution in [2.45, 2.75) is 24.9 Å². The van der Waals surface area contributed by atoms with E-state index in [-0.39, 0.29) is 29.7 Å². The van der Waals surface area contributed by atoms with Crippen LogP contribution in [0.4, 0.5) is 4.39 Å². The Morgan fingerprint density at radius 1 is 1.10 bits per heavy atom. The molecule has 3 aromatic rings. The van der Waals surface area contributed by atoms with E-state index in [4.69, 9.17) is 0 Å². The lowest BCUT2D eigenvalue weighted by Gasteiger charge is -2.22. The lowest BCUT2D eigenvalue weighted by Crippen LogP contribution is -2.20. The van der Waals surface area contributed by atoms with Gasteiger partial charge in [0, 0.05) is 36.0 Å². The Bertz CT molecular complexity index is 1100. The average Bonchev–Trinajstić information content (AvgIpc) is 3.37. The highest BCUT2D eigenvalue weighted by Crippen LogP contribution is 2.55. The normalized spacial score (nSPS) is 21.0. The summed E-state index contributed by atoms with van der Waals surface area (Å²) in [4.78, 5) is 6.81. The molecule has 1 aromatic carbocycles. The minimum absolute atomic E-state index is 0.0886. The number of halogens is 1. The summed E-state index contributed by atoms with van der Waals surface area (Å²) in [5, 5.41) is 21.0. The first kappa shape index (κ1) is 17.9. The van der Waals surface area contributed by atoms with Crippen LogP contribution in [0.1, 0.15) is 41.7 Å². The summed E-state index contributed by atoms with van der Waals surface area (Å²) < 4.78 is 14.9. The summed E-state index contributed by atoms with van der Waals surface area (Å²) in [6, 6.07) is 10.3. The molecule has 2 aliphatic heterocycles. The van der Waals surface area contributed by atoms with Crippen LogP contribution in [0.25, 0.3) is 17.2 Å². The number of aromatic hydroxyl groups is 2. The molecule has 0 aliphatic carbocycles. The Balaban J connectivity index is 1.44. The summed E-state index contributed by atoms with van der Waals surface area (Å²) in [6.45, 7) is 0.933. The standard InChI is InChI=1S/C23H22FN3O2/c1-26-22(28)20-18-6-3-11-27(18)19(21(20)23(26)29)10-9-17-8-7-15(13-25-17)14-4-2-5-16(24)12-14/h2,4-5,7-10,12-13,18-19,28-29H,3,6,11H2,1H3. The fourth-order valence-corrected chi connectivity index (χ4v) is 4.66. The molecule has 0 amide bonds. The minimum atomic E-state index is -0.269. The van der Waals surface area contributed by atoms with Gasteiger partial charge in [-0.15, -0.1) is 0 Å². The molecule has 0 saturated carbocycles. The number of hydrogen-bond acceptors (Lipinski definition) is 4. The zero-order chi connectivity index (χ0) is 20.1. The first-order chi connectivity index (χ1) is 14.0. The molecule has 0 bridgehead atoms. The van der Waals surface area contributed by atoms with Crippen molar-refractivity contribution in [2.75, 3.05) is 6.54 Å². The monoisotopic (exact) mass is 391 g/mol. The largest absolute Gasteiger partial charge is 0.494 e. The van der Waals surface area contributed by atoms with Crippen LogP contribution < -0.4 is 0 Å². The highest BCUT2D eigenvalue weighted by Gasteiger charge is 2.45. The van der Waals surface area contributed by atoms with Crippen molar-refractivity contribution < 1.29 is 14.6 Å². The molecule has 2 N–H and O–H groups in total. The maximum absolute atomic E-state index is 13.4. The molecule has 5 rings (SSSR count). The number of hydrogen-bond donors (Lipinski definition) is 2. The van der Waals surface area contributed by atoms with Crippen LogP contribution in [0, 0.1) is 5.82 Å². The second-order valence-electron chi connectivity index (χ2n) is 7.72. The number of benzene rings is 1. The fourth-order valence-electron chi connectivity index (χ4n) is 4.66. The van der Waals surface area contributed by atoms with Gasteiger partial charge in [0.25, 0.3) is 0 Å². The quantitative estimate of drug-likeness (QED) is 0.688. The fraction of sp³-hybridized carbons (Fsp3) is 0.261. The van der Waals surface area contributed by atoms with Gasteiger partial charge in [0.05, 0.1) is 11.7 Å². The van der Waals surface area contributed by atoms with Crippen LogP contribution in [0.2, 0.25) is 0 Å². The molecule has 2 aromatic heterocycles. The van der Waals surface area contributed by atoms with Crippen molar-refractivity contribution in [1.82, 2.24) is 14.5 Å². The molecule has 6 heteroatoms. The number of rotatable bonds is 3. The van der Waals surface area contributed by atoms with E-state index in [9.17, 15) is 14.6 Å². The van der Waals surface area contributed by atoms with Gasteiger partial charge in [0.15, 0.2) is 11.8 Å². The lowest BCUT2D eigenvalue weighted by molar-refractivity contribution is 0.237. The third-order valence-electron chi connectivity index (χ3n) is 6.08. The van der Waals surface area contributed by atoms with E-state index in [0.717, 1.165) is 47.3 Å². The molecular weight excluding hydrogens is 369 g/mol. The smallest absolute Gasteiger partial charge is 0.199 e. The Kier molecular flexibility index (Phi) is 4.17. The van der Waals surface area contributed by atoms with E-state index in [1.165, 1.54) is 16.7 Å². The van der Waals surface area contributed by atoms with E-state index >= 15 is 0 Å². The number of pyridine rings is 1. The average molecular weight is 391 g/mol. The van der Waals surface area contributed by atoms with E-state index in [1.54, 1.807) is 19.3 Å². The van der Waals surface area contributed by atoms with Gasteiger partial charge in [-0.3, -0.25) is 14.5 Å². The lowest BCUT2D eigenvalue weighted by atomic mass is 10.0. The van der Waals surface area contributed by atoms with Gasteiger partial charge in [-0.1, -0.05) is 24.3 Å². The molecule has 1 saturated heterocycles. The molecule has 148 valence electrons. The van der Waals surface area contributed by atoms with Crippen molar-refractivity contribution >= 4 is 6.08 Å². The minimum Gasteiger partial charge on any atom is -0.494 e. The van der Waals surface area contributed by atoms with Crippen LogP contribution in [-0.4, -0.2) is 31.2 Å². The van der Waals surface area contributed by atoms with Crippen LogP contribution in [0.5, 0.6) is 11.8 Å². The summed E-state index contributed by atoms with van der Waals surface area (Å²) in [5.74, 6) is 0.00781. The van der Waals surface area contributed by atoms with Gasteiger partial charge in [-0.2, -0.15) is 0 Å². The van der Waals surface area contributed by atoms with Crippen molar-refractivity contribution in [3.63, 3.8) is 0 Å². The molecule has 0 radical (unpaired) electrons. The molecule has 5 nitrogen and oxygen atoms in total. The van der Waals surface area contributed by atoms with E-state index in [0.29, 0.717) is 0 Å². The van der Waals surface area contributed by atoms with Gasteiger partial charge in [-0.05, 0) is 49.2 Å². The zero-order valence-electron chi connectivity index (χ0n) is 16.1. The predicted molar refractivity (Wildman–Crippen MR) is 109 cm³/mol. The van der Waals surface area contributed by atoms with Crippen molar-refractivity contribution in [3.8, 4) is 22.9 Å². The molecule has 1 fully saturated rings. The second kappa shape index (κ2) is 6.74. The number of fused-ring (bicyclic) bond motifs is 3. The third-order valence-corrected chi connectivity index (χ3v) is 6.08. The van der Waals surface area contributed by atoms with Gasteiger partial charge in [0.2, 0.25) is 0 Å². The Morgan fingerprint density at radius 2 is 1.93 bits per heavy atom. The Labute approximate surface area is 168 Å². The molecule has 29 heavy (non-hydrogen) atoms. The van der Waals surface area contributed by atoms with Gasteiger partial charge >= 0.3 is 0 Å². The summed E-state index contributed by atoms with van der Waals surface area (Å²) in [6.07, 6.45) is 7.76. The zero-order valence-corrected chi connectivity index (χ0v) is 16.1. The van der Waals surface area contributed by atoms with Crippen molar-refractivity contribution in [1.29, 1.82) is 0 Å². The van der Waals surface area contributed by atoms with Crippen LogP contribution in [0.3, 0.4) is 0 Å². The highest BCUT2D eigenvalue weighted by atomic mass is 19.1. The van der Waals surface area contributed by atoms with E-state index in [1.807, 2.05) is 30.4 Å². The summed E-state index contributed by atoms with van der Waals surface area (Å²) in [7, 11) is 1.68. The van der Waals surface area contributed by atoms with Crippen molar-refractivity contribution in [3.05, 3.63) is 71.3 Å². The van der Waals surface area contributed by atoms with Gasteiger partial charge in [0.1, 0.15) is 5.82 Å². The SMILES string of the molecule is Cn1c(O)c2c(c1O)C1CCCN1C2C=Cc1ccc(-c2cccc(F)c2)cn1. The Hall–Kier alpha value is -3.12. The third kappa shape index (κ3) is 2.83. The molecule has 2 atom stereocenters. The molecule has 2 aliphatic rings. The molecule has 0 spiro atoms. The second-order valence-corrected chi connectivity index (χ2v) is 7.72. The summed E-state index contributed by atoms with van der Waals surface area (Å²) >= 11 is 0. The summed E-state index contributed by atoms with van der Waals surface area (Å²) in [5.41, 5.74) is 4.08. The maximum atomic E-state index is 13.4. The molecule has 2 unspecified atom stereocenters. The molecular formula is C23H22FN3O2. The Morgan fingerprint density at radius 3 is 2.69 bits per heavy atom. The van der Waals surface area contributed by atoms with Gasteiger partial charge < -0.3 is 10.2 Å². The van der Waals surface area contributed by atoms with Crippen LogP contribution >= 0.6 is 0 Å². The van der Waals surface area contributed by atoms with E-state index in [2.05, 4.69) is 9.88 Å². The molecule has 4 heterocycles.